The Balaban J connectivity index is 1.82. The Labute approximate surface area is 141 Å². The Morgan fingerprint density at radius 1 is 1.09 bits per heavy atom. The molecule has 0 saturated heterocycles. The third-order valence-corrected chi connectivity index (χ3v) is 7.19. The van der Waals surface area contributed by atoms with Gasteiger partial charge in [0.2, 0.25) is 5.13 Å². The van der Waals surface area contributed by atoms with Gasteiger partial charge in [0.05, 0.1) is 4.90 Å². The molecular weight excluding hydrogens is 330 g/mol. The van der Waals surface area contributed by atoms with Gasteiger partial charge in [0.1, 0.15) is 5.01 Å². The number of rotatable bonds is 4. The fraction of sp³-hybridized carbons (Fsp3) is 0.500. The predicted molar refractivity (Wildman–Crippen MR) is 92.5 cm³/mol. The number of aryl methyl sites for hydroxylation is 1. The summed E-state index contributed by atoms with van der Waals surface area (Å²) in [7, 11) is -2.07. The Hall–Kier alpha value is -1.47. The third-order valence-electron chi connectivity index (χ3n) is 4.40. The maximum absolute atomic E-state index is 12.7. The maximum Gasteiger partial charge on any atom is 0.265 e. The molecule has 0 radical (unpaired) electrons. The Kier molecular flexibility index (Phi) is 4.68. The van der Waals surface area contributed by atoms with Gasteiger partial charge in [-0.2, -0.15) is 0 Å². The normalized spacial score (nSPS) is 16.4. The molecule has 5 nitrogen and oxygen atoms in total. The molecule has 0 N–H and O–H groups in total. The van der Waals surface area contributed by atoms with Crippen molar-refractivity contribution < 1.29 is 8.42 Å². The van der Waals surface area contributed by atoms with E-state index in [2.05, 4.69) is 10.2 Å². The zero-order valence-electron chi connectivity index (χ0n) is 13.4. The molecule has 3 rings (SSSR count). The first-order chi connectivity index (χ1) is 11.0. The van der Waals surface area contributed by atoms with E-state index in [0.29, 0.717) is 15.9 Å². The van der Waals surface area contributed by atoms with Gasteiger partial charge in [-0.25, -0.2) is 12.7 Å². The van der Waals surface area contributed by atoms with Crippen LogP contribution in [-0.4, -0.2) is 25.7 Å². The van der Waals surface area contributed by atoms with E-state index >= 15 is 0 Å². The van der Waals surface area contributed by atoms with E-state index in [0.717, 1.165) is 5.01 Å². The van der Waals surface area contributed by atoms with Gasteiger partial charge in [-0.1, -0.05) is 42.7 Å². The van der Waals surface area contributed by atoms with Crippen LogP contribution in [0.4, 0.5) is 5.13 Å². The van der Waals surface area contributed by atoms with Crippen molar-refractivity contribution in [3.8, 4) is 0 Å². The lowest BCUT2D eigenvalue weighted by atomic mass is 9.84. The number of nitrogens with zero attached hydrogens (tertiary/aromatic N) is 3. The SMILES string of the molecule is Cc1nnc(N(C)S(=O)(=O)c2ccc(C3CCCCC3)cc2)s1. The molecule has 0 bridgehead atoms. The van der Waals surface area contributed by atoms with Gasteiger partial charge in [0.15, 0.2) is 0 Å². The molecule has 2 aromatic rings. The van der Waals surface area contributed by atoms with Crippen molar-refractivity contribution in [1.82, 2.24) is 10.2 Å². The van der Waals surface area contributed by atoms with E-state index in [-0.39, 0.29) is 0 Å². The van der Waals surface area contributed by atoms with E-state index in [1.165, 1.54) is 60.4 Å². The van der Waals surface area contributed by atoms with Crippen LogP contribution in [0.1, 0.15) is 48.6 Å². The summed E-state index contributed by atoms with van der Waals surface area (Å²) in [5.74, 6) is 0.573. The number of anilines is 1. The highest BCUT2D eigenvalue weighted by Crippen LogP contribution is 2.33. The molecule has 1 aromatic heterocycles. The van der Waals surface area contributed by atoms with Crippen molar-refractivity contribution in [1.29, 1.82) is 0 Å². The maximum atomic E-state index is 12.7. The largest absolute Gasteiger partial charge is 0.265 e. The van der Waals surface area contributed by atoms with E-state index in [4.69, 9.17) is 0 Å². The van der Waals surface area contributed by atoms with Crippen molar-refractivity contribution in [3.05, 3.63) is 34.8 Å². The van der Waals surface area contributed by atoms with Crippen LogP contribution in [-0.2, 0) is 10.0 Å². The zero-order chi connectivity index (χ0) is 16.4. The van der Waals surface area contributed by atoms with Crippen molar-refractivity contribution in [2.75, 3.05) is 11.4 Å². The van der Waals surface area contributed by atoms with Gasteiger partial charge in [-0.3, -0.25) is 0 Å². The summed E-state index contributed by atoms with van der Waals surface area (Å²) in [5.41, 5.74) is 1.25. The minimum atomic E-state index is -3.58. The molecule has 0 unspecified atom stereocenters. The number of hydrogen-bond donors (Lipinski definition) is 0. The summed E-state index contributed by atoms with van der Waals surface area (Å²) >= 11 is 1.27. The molecule has 1 saturated carbocycles. The van der Waals surface area contributed by atoms with E-state index in [1.807, 2.05) is 12.1 Å². The van der Waals surface area contributed by atoms with Crippen LogP contribution in [0.15, 0.2) is 29.2 Å². The van der Waals surface area contributed by atoms with E-state index in [9.17, 15) is 8.42 Å². The Bertz CT molecular complexity index is 763. The molecule has 0 amide bonds. The van der Waals surface area contributed by atoms with Gasteiger partial charge in [0.25, 0.3) is 10.0 Å². The van der Waals surface area contributed by atoms with Crippen LogP contribution >= 0.6 is 11.3 Å². The summed E-state index contributed by atoms with van der Waals surface area (Å²) in [6, 6.07) is 7.34. The first kappa shape index (κ1) is 16.4. The zero-order valence-corrected chi connectivity index (χ0v) is 15.0. The average molecular weight is 351 g/mol. The average Bonchev–Trinajstić information content (AvgIpc) is 3.01. The van der Waals surface area contributed by atoms with Gasteiger partial charge >= 0.3 is 0 Å². The lowest BCUT2D eigenvalue weighted by Crippen LogP contribution is -2.26. The molecule has 23 heavy (non-hydrogen) atoms. The highest BCUT2D eigenvalue weighted by atomic mass is 32.2. The first-order valence-electron chi connectivity index (χ1n) is 7.87. The van der Waals surface area contributed by atoms with E-state index in [1.54, 1.807) is 19.1 Å². The summed E-state index contributed by atoms with van der Waals surface area (Å²) < 4.78 is 26.6. The second kappa shape index (κ2) is 6.57. The van der Waals surface area contributed by atoms with Crippen LogP contribution < -0.4 is 4.31 Å². The Morgan fingerprint density at radius 3 is 2.30 bits per heavy atom. The topological polar surface area (TPSA) is 63.2 Å². The number of hydrogen-bond acceptors (Lipinski definition) is 5. The lowest BCUT2D eigenvalue weighted by molar-refractivity contribution is 0.443. The molecule has 7 heteroatoms. The molecule has 1 aromatic carbocycles. The quantitative estimate of drug-likeness (QED) is 0.842. The lowest BCUT2D eigenvalue weighted by Gasteiger charge is -2.22. The summed E-state index contributed by atoms with van der Waals surface area (Å²) in [4.78, 5) is 0.299. The van der Waals surface area contributed by atoms with Crippen molar-refractivity contribution in [3.63, 3.8) is 0 Å². The summed E-state index contributed by atoms with van der Waals surface area (Å²) in [6.45, 7) is 1.81. The van der Waals surface area contributed by atoms with Crippen LogP contribution in [0.25, 0.3) is 0 Å². The monoisotopic (exact) mass is 351 g/mol. The third kappa shape index (κ3) is 3.40. The molecule has 0 aliphatic heterocycles. The summed E-state index contributed by atoms with van der Waals surface area (Å²) in [6.07, 6.45) is 6.26. The minimum Gasteiger partial charge on any atom is -0.243 e. The van der Waals surface area contributed by atoms with E-state index < -0.39 is 10.0 Å². The smallest absolute Gasteiger partial charge is 0.243 e. The van der Waals surface area contributed by atoms with Crippen LogP contribution in [0.5, 0.6) is 0 Å². The first-order valence-corrected chi connectivity index (χ1v) is 10.1. The number of sulfonamides is 1. The molecular formula is C16H21N3O2S2. The molecule has 1 aliphatic carbocycles. The molecule has 1 aliphatic rings. The van der Waals surface area contributed by atoms with Gasteiger partial charge < -0.3 is 0 Å². The highest BCUT2D eigenvalue weighted by molar-refractivity contribution is 7.93. The van der Waals surface area contributed by atoms with Crippen LogP contribution in [0, 0.1) is 6.92 Å². The Morgan fingerprint density at radius 2 is 1.74 bits per heavy atom. The second-order valence-corrected chi connectivity index (χ2v) is 9.11. The second-order valence-electron chi connectivity index (χ2n) is 5.98. The molecule has 0 atom stereocenters. The van der Waals surface area contributed by atoms with Crippen LogP contribution in [0.2, 0.25) is 0 Å². The fourth-order valence-electron chi connectivity index (χ4n) is 3.02. The van der Waals surface area contributed by atoms with Crippen LogP contribution in [0.3, 0.4) is 0 Å². The molecule has 1 fully saturated rings. The van der Waals surface area contributed by atoms with Gasteiger partial charge in [-0.15, -0.1) is 10.2 Å². The number of benzene rings is 1. The summed E-state index contributed by atoms with van der Waals surface area (Å²) in [5, 5.41) is 8.93. The molecule has 124 valence electrons. The van der Waals surface area contributed by atoms with Gasteiger partial charge in [0, 0.05) is 7.05 Å². The highest BCUT2D eigenvalue weighted by Gasteiger charge is 2.24. The van der Waals surface area contributed by atoms with Crippen molar-refractivity contribution >= 4 is 26.5 Å². The number of aromatic nitrogens is 2. The van der Waals surface area contributed by atoms with Crippen molar-refractivity contribution in [2.45, 2.75) is 49.8 Å². The fourth-order valence-corrected chi connectivity index (χ4v) is 5.02. The molecule has 1 heterocycles. The molecule has 0 spiro atoms. The minimum absolute atomic E-state index is 0.299. The predicted octanol–water partition coefficient (Wildman–Crippen LogP) is 3.72. The van der Waals surface area contributed by atoms with Crippen molar-refractivity contribution in [2.24, 2.45) is 0 Å². The van der Waals surface area contributed by atoms with Gasteiger partial charge in [-0.05, 0) is 43.4 Å². The standard InChI is InChI=1S/C16H21N3O2S2/c1-12-17-18-16(22-12)19(2)23(20,21)15-10-8-14(9-11-15)13-6-4-3-5-7-13/h8-11,13H,3-7H2,1-2H3.